The van der Waals surface area contributed by atoms with Crippen molar-refractivity contribution in [2.24, 2.45) is 5.73 Å². The Morgan fingerprint density at radius 2 is 2.04 bits per heavy atom. The number of primary amides is 1. The van der Waals surface area contributed by atoms with E-state index in [2.05, 4.69) is 4.98 Å². The van der Waals surface area contributed by atoms with Crippen LogP contribution >= 0.6 is 0 Å². The van der Waals surface area contributed by atoms with Crippen molar-refractivity contribution in [2.45, 2.75) is 38.6 Å². The molecule has 0 radical (unpaired) electrons. The van der Waals surface area contributed by atoms with Crippen molar-refractivity contribution in [3.8, 4) is 11.4 Å². The van der Waals surface area contributed by atoms with Gasteiger partial charge in [0.15, 0.2) is 5.82 Å². The number of hydrogen-bond acceptors (Lipinski definition) is 5. The highest BCUT2D eigenvalue weighted by Crippen LogP contribution is 2.33. The number of aromatic nitrogens is 3. The van der Waals surface area contributed by atoms with Gasteiger partial charge in [-0.1, -0.05) is 30.3 Å². The van der Waals surface area contributed by atoms with Gasteiger partial charge in [0.1, 0.15) is 23.3 Å². The minimum absolute atomic E-state index is 0.142. The van der Waals surface area contributed by atoms with Gasteiger partial charge in [0.05, 0.1) is 5.39 Å². The third-order valence-corrected chi connectivity index (χ3v) is 5.15. The van der Waals surface area contributed by atoms with Crippen LogP contribution in [0.4, 0.5) is 5.82 Å². The number of nitrogens with two attached hydrogens (primary N) is 1. The number of benzene rings is 1. The number of nitrogens with one attached hydrogen (secondary N) is 1. The van der Waals surface area contributed by atoms with Crippen molar-refractivity contribution in [3.63, 3.8) is 0 Å². The molecule has 0 spiro atoms. The topological polar surface area (TPSA) is 105 Å². The molecule has 3 aromatic rings. The maximum absolute atomic E-state index is 12.0. The zero-order chi connectivity index (χ0) is 19.7. The Morgan fingerprint density at radius 3 is 2.75 bits per heavy atom. The number of carbonyl (C=O) groups is 2. The number of nitrogens with zero attached hydrogens (tertiary/aromatic N) is 3. The summed E-state index contributed by atoms with van der Waals surface area (Å²) in [6.07, 6.45) is 2.70. The molecule has 1 aliphatic heterocycles. The zero-order valence-corrected chi connectivity index (χ0v) is 15.8. The molecule has 1 amide bonds. The van der Waals surface area contributed by atoms with Crippen LogP contribution < -0.4 is 10.6 Å². The van der Waals surface area contributed by atoms with Crippen molar-refractivity contribution < 1.29 is 9.59 Å². The lowest BCUT2D eigenvalue weighted by Gasteiger charge is -2.24. The SMILES string of the molecule is CC(=O)CCc1cc2c(N3CCC[C@H]3C(N)=O)nc(-c3ccccc3)nc2[nH]1. The number of H-pyrrole nitrogens is 1. The van der Waals surface area contributed by atoms with Crippen molar-refractivity contribution in [3.05, 3.63) is 42.1 Å². The van der Waals surface area contributed by atoms with Crippen molar-refractivity contribution >= 4 is 28.5 Å². The Hall–Kier alpha value is -3.22. The fourth-order valence-electron chi connectivity index (χ4n) is 3.74. The number of aryl methyl sites for hydroxylation is 1. The Morgan fingerprint density at radius 1 is 1.25 bits per heavy atom. The third-order valence-electron chi connectivity index (χ3n) is 5.15. The van der Waals surface area contributed by atoms with Crippen LogP contribution in [0, 0.1) is 0 Å². The van der Waals surface area contributed by atoms with Gasteiger partial charge in [0, 0.05) is 24.2 Å². The summed E-state index contributed by atoms with van der Waals surface area (Å²) < 4.78 is 0. The zero-order valence-electron chi connectivity index (χ0n) is 15.8. The van der Waals surface area contributed by atoms with Crippen molar-refractivity contribution in [1.82, 2.24) is 15.0 Å². The van der Waals surface area contributed by atoms with Crippen LogP contribution in [0.25, 0.3) is 22.4 Å². The number of amides is 1. The molecule has 144 valence electrons. The third kappa shape index (κ3) is 3.47. The van der Waals surface area contributed by atoms with Gasteiger partial charge >= 0.3 is 0 Å². The standard InChI is InChI=1S/C21H23N5O2/c1-13(27)9-10-15-12-16-20(23-15)24-19(14-6-3-2-4-7-14)25-21(16)26-11-5-8-17(26)18(22)28/h2-4,6-7,12,17H,5,8-11H2,1H3,(H2,22,28)(H,23,24,25)/t17-/m0/s1. The van der Waals surface area contributed by atoms with Crippen LogP contribution in [-0.2, 0) is 16.0 Å². The molecular formula is C21H23N5O2. The monoisotopic (exact) mass is 377 g/mol. The molecule has 0 saturated carbocycles. The first-order chi connectivity index (χ1) is 13.5. The molecule has 28 heavy (non-hydrogen) atoms. The first kappa shape index (κ1) is 18.2. The fourth-order valence-corrected chi connectivity index (χ4v) is 3.74. The summed E-state index contributed by atoms with van der Waals surface area (Å²) in [7, 11) is 0. The van der Waals surface area contributed by atoms with Gasteiger partial charge in [0.25, 0.3) is 0 Å². The van der Waals surface area contributed by atoms with Gasteiger partial charge in [-0.2, -0.15) is 0 Å². The lowest BCUT2D eigenvalue weighted by molar-refractivity contribution is -0.119. The maximum atomic E-state index is 12.0. The van der Waals surface area contributed by atoms with Gasteiger partial charge in [0.2, 0.25) is 5.91 Å². The summed E-state index contributed by atoms with van der Waals surface area (Å²) in [4.78, 5) is 38.1. The molecule has 0 unspecified atom stereocenters. The minimum atomic E-state index is -0.364. The normalized spacial score (nSPS) is 16.6. The molecule has 2 aromatic heterocycles. The molecule has 1 fully saturated rings. The second-order valence-electron chi connectivity index (χ2n) is 7.25. The summed E-state index contributed by atoms with van der Waals surface area (Å²) in [5.74, 6) is 1.12. The molecule has 0 bridgehead atoms. The first-order valence-electron chi connectivity index (χ1n) is 9.53. The van der Waals surface area contributed by atoms with Gasteiger partial charge < -0.3 is 20.4 Å². The van der Waals surface area contributed by atoms with E-state index < -0.39 is 0 Å². The second kappa shape index (κ2) is 7.42. The Labute approximate surface area is 163 Å². The quantitative estimate of drug-likeness (QED) is 0.687. The summed E-state index contributed by atoms with van der Waals surface area (Å²) in [6.45, 7) is 2.31. The van der Waals surface area contributed by atoms with E-state index in [1.807, 2.05) is 41.3 Å². The lowest BCUT2D eigenvalue weighted by Crippen LogP contribution is -2.40. The van der Waals surface area contributed by atoms with Crippen LogP contribution in [0.2, 0.25) is 0 Å². The van der Waals surface area contributed by atoms with Gasteiger partial charge in [-0.3, -0.25) is 4.79 Å². The van der Waals surface area contributed by atoms with E-state index in [1.165, 1.54) is 0 Å². The van der Waals surface area contributed by atoms with E-state index in [9.17, 15) is 9.59 Å². The second-order valence-corrected chi connectivity index (χ2v) is 7.25. The Kier molecular flexibility index (Phi) is 4.81. The minimum Gasteiger partial charge on any atom is -0.368 e. The number of hydrogen-bond donors (Lipinski definition) is 2. The average Bonchev–Trinajstić information content (AvgIpc) is 3.33. The van der Waals surface area contributed by atoms with Gasteiger partial charge in [-0.05, 0) is 32.3 Å². The summed E-state index contributed by atoms with van der Waals surface area (Å²) in [5.41, 5.74) is 8.18. The number of aromatic amines is 1. The van der Waals surface area contributed by atoms with Crippen LogP contribution in [0.5, 0.6) is 0 Å². The number of ketones is 1. The summed E-state index contributed by atoms with van der Waals surface area (Å²) in [5, 5.41) is 0.853. The van der Waals surface area contributed by atoms with Crippen LogP contribution in [-0.4, -0.2) is 39.2 Å². The van der Waals surface area contributed by atoms with E-state index in [1.54, 1.807) is 6.92 Å². The molecule has 1 atom stereocenters. The predicted octanol–water partition coefficient (Wildman–Crippen LogP) is 2.60. The Balaban J connectivity index is 1.84. The predicted molar refractivity (Wildman–Crippen MR) is 108 cm³/mol. The highest BCUT2D eigenvalue weighted by molar-refractivity contribution is 5.93. The van der Waals surface area contributed by atoms with Crippen LogP contribution in [0.3, 0.4) is 0 Å². The maximum Gasteiger partial charge on any atom is 0.240 e. The number of anilines is 1. The first-order valence-corrected chi connectivity index (χ1v) is 9.53. The van der Waals surface area contributed by atoms with Crippen molar-refractivity contribution in [1.29, 1.82) is 0 Å². The van der Waals surface area contributed by atoms with E-state index in [0.717, 1.165) is 41.8 Å². The smallest absolute Gasteiger partial charge is 0.240 e. The van der Waals surface area contributed by atoms with E-state index in [-0.39, 0.29) is 17.7 Å². The van der Waals surface area contributed by atoms with Crippen LogP contribution in [0.15, 0.2) is 36.4 Å². The number of fused-ring (bicyclic) bond motifs is 1. The fraction of sp³-hybridized carbons (Fsp3) is 0.333. The molecule has 7 heteroatoms. The highest BCUT2D eigenvalue weighted by atomic mass is 16.1. The number of carbonyl (C=O) groups excluding carboxylic acids is 2. The average molecular weight is 377 g/mol. The molecule has 7 nitrogen and oxygen atoms in total. The van der Waals surface area contributed by atoms with Crippen molar-refractivity contribution in [2.75, 3.05) is 11.4 Å². The van der Waals surface area contributed by atoms with E-state index in [4.69, 9.17) is 15.7 Å². The van der Waals surface area contributed by atoms with Gasteiger partial charge in [-0.25, -0.2) is 9.97 Å². The molecular weight excluding hydrogens is 354 g/mol. The summed E-state index contributed by atoms with van der Waals surface area (Å²) >= 11 is 0. The molecule has 0 aliphatic carbocycles. The number of Topliss-reactive ketones (excluding diaryl/α,β-unsaturated/α-hetero) is 1. The van der Waals surface area contributed by atoms with E-state index in [0.29, 0.717) is 24.3 Å². The van der Waals surface area contributed by atoms with E-state index >= 15 is 0 Å². The Bertz CT molecular complexity index is 1030. The molecule has 4 rings (SSSR count). The molecule has 1 saturated heterocycles. The molecule has 1 aliphatic rings. The van der Waals surface area contributed by atoms with Crippen LogP contribution in [0.1, 0.15) is 31.9 Å². The molecule has 3 N–H and O–H groups in total. The number of rotatable bonds is 6. The lowest BCUT2D eigenvalue weighted by atomic mass is 10.1. The summed E-state index contributed by atoms with van der Waals surface area (Å²) in [6, 6.07) is 11.4. The largest absolute Gasteiger partial charge is 0.368 e. The van der Waals surface area contributed by atoms with Gasteiger partial charge in [-0.15, -0.1) is 0 Å². The highest BCUT2D eigenvalue weighted by Gasteiger charge is 2.32. The molecule has 1 aromatic carbocycles. The molecule has 3 heterocycles.